The highest BCUT2D eigenvalue weighted by atomic mass is 19.1. The van der Waals surface area contributed by atoms with Crippen LogP contribution in [0.1, 0.15) is 53.7 Å². The van der Waals surface area contributed by atoms with Crippen LogP contribution in [-0.4, -0.2) is 66.7 Å². The first-order valence-corrected chi connectivity index (χ1v) is 11.9. The maximum Gasteiger partial charge on any atom is 0.291 e. The number of hydrogen-bond acceptors (Lipinski definition) is 5. The van der Waals surface area contributed by atoms with Gasteiger partial charge in [-0.2, -0.15) is 0 Å². The molecule has 2 heterocycles. The number of nitrogens with zero attached hydrogens (tertiary/aromatic N) is 2. The van der Waals surface area contributed by atoms with Crippen molar-refractivity contribution in [1.29, 1.82) is 0 Å². The molecule has 4 rings (SSSR count). The molecule has 180 valence electrons. The van der Waals surface area contributed by atoms with E-state index in [1.165, 1.54) is 24.3 Å². The van der Waals surface area contributed by atoms with Crippen LogP contribution < -0.4 is 0 Å². The van der Waals surface area contributed by atoms with Crippen LogP contribution in [0.5, 0.6) is 0 Å². The van der Waals surface area contributed by atoms with Crippen molar-refractivity contribution in [2.75, 3.05) is 39.4 Å². The number of halogens is 1. The van der Waals surface area contributed by atoms with Crippen LogP contribution in [0.4, 0.5) is 4.39 Å². The summed E-state index contributed by atoms with van der Waals surface area (Å²) in [5, 5.41) is 0. The van der Waals surface area contributed by atoms with Gasteiger partial charge in [0, 0.05) is 31.7 Å². The van der Waals surface area contributed by atoms with Gasteiger partial charge in [0.25, 0.3) is 5.91 Å². The normalized spacial score (nSPS) is 21.5. The molecule has 0 aliphatic carbocycles. The molecule has 2 saturated heterocycles. The summed E-state index contributed by atoms with van der Waals surface area (Å²) in [4.78, 5) is 43.4. The summed E-state index contributed by atoms with van der Waals surface area (Å²) in [6.45, 7) is 8.44. The lowest BCUT2D eigenvalue weighted by molar-refractivity contribution is -0.140. The first kappa shape index (κ1) is 24.2. The Morgan fingerprint density at radius 3 is 2.26 bits per heavy atom. The molecule has 0 saturated carbocycles. The van der Waals surface area contributed by atoms with Crippen molar-refractivity contribution >= 4 is 17.5 Å². The van der Waals surface area contributed by atoms with Gasteiger partial charge in [0.1, 0.15) is 11.7 Å². The number of Topliss-reactive ketones (excluding diaryl/α,β-unsaturated/α-hetero) is 2. The van der Waals surface area contributed by atoms with E-state index in [2.05, 4.69) is 18.7 Å². The number of carbonyl (C=O) groups is 3. The van der Waals surface area contributed by atoms with Crippen molar-refractivity contribution in [3.05, 3.63) is 71.0 Å². The maximum atomic E-state index is 13.4. The van der Waals surface area contributed by atoms with E-state index >= 15 is 0 Å². The lowest BCUT2D eigenvalue weighted by Gasteiger charge is -2.30. The predicted octanol–water partition coefficient (Wildman–Crippen LogP) is 3.62. The lowest BCUT2D eigenvalue weighted by Crippen LogP contribution is -2.39. The van der Waals surface area contributed by atoms with Gasteiger partial charge >= 0.3 is 0 Å². The Kier molecular flexibility index (Phi) is 7.54. The minimum atomic E-state index is -1.15. The second kappa shape index (κ2) is 10.6. The summed E-state index contributed by atoms with van der Waals surface area (Å²) >= 11 is 0. The predicted molar refractivity (Wildman–Crippen MR) is 126 cm³/mol. The fourth-order valence-corrected chi connectivity index (χ4v) is 4.76. The third-order valence-corrected chi connectivity index (χ3v) is 6.74. The molecule has 34 heavy (non-hydrogen) atoms. The Hall–Kier alpha value is -2.90. The number of ketones is 2. The summed E-state index contributed by atoms with van der Waals surface area (Å²) in [5.41, 5.74) is 2.13. The molecule has 2 atom stereocenters. The second-order valence-corrected chi connectivity index (χ2v) is 9.29. The van der Waals surface area contributed by atoms with Gasteiger partial charge in [-0.25, -0.2) is 4.39 Å². The van der Waals surface area contributed by atoms with Crippen LogP contribution in [-0.2, 0) is 14.3 Å². The van der Waals surface area contributed by atoms with E-state index in [9.17, 15) is 18.8 Å². The van der Waals surface area contributed by atoms with E-state index < -0.39 is 35.3 Å². The van der Waals surface area contributed by atoms with Crippen molar-refractivity contribution in [3.8, 4) is 0 Å². The molecule has 7 heteroatoms. The van der Waals surface area contributed by atoms with Crippen molar-refractivity contribution in [3.63, 3.8) is 0 Å². The largest absolute Gasteiger partial charge is 0.379 e. The molecule has 2 fully saturated rings. The first-order chi connectivity index (χ1) is 16.4. The number of ether oxygens (including phenoxy) is 1. The monoisotopic (exact) mass is 466 g/mol. The van der Waals surface area contributed by atoms with Crippen LogP contribution >= 0.6 is 0 Å². The number of morpholine rings is 1. The third-order valence-electron chi connectivity index (χ3n) is 6.74. The Labute approximate surface area is 199 Å². The molecule has 2 unspecified atom stereocenters. The number of carbonyl (C=O) groups excluding carboxylic acids is 3. The molecule has 0 spiro atoms. The van der Waals surface area contributed by atoms with Gasteiger partial charge < -0.3 is 9.64 Å². The highest BCUT2D eigenvalue weighted by Gasteiger charge is 2.51. The molecular weight excluding hydrogens is 435 g/mol. The Morgan fingerprint density at radius 1 is 1.00 bits per heavy atom. The van der Waals surface area contributed by atoms with Crippen molar-refractivity contribution < 1.29 is 23.5 Å². The van der Waals surface area contributed by atoms with Gasteiger partial charge in [0.2, 0.25) is 5.78 Å². The van der Waals surface area contributed by atoms with E-state index in [1.807, 2.05) is 24.3 Å². The topological polar surface area (TPSA) is 66.9 Å². The van der Waals surface area contributed by atoms with E-state index in [0.29, 0.717) is 32.1 Å². The Morgan fingerprint density at radius 2 is 1.65 bits per heavy atom. The first-order valence-electron chi connectivity index (χ1n) is 11.9. The van der Waals surface area contributed by atoms with Crippen LogP contribution in [0.25, 0.3) is 0 Å². The standard InChI is InChI=1S/C27H31FN2O4/c1-18(2)19-4-6-20(7-5-19)24-23(25(31)21-8-10-22(28)11-9-21)26(32)27(33)30(24)13-3-12-29-14-16-34-17-15-29/h4-11,18,23-24H,3,12-17H2,1-2H3. The molecule has 0 N–H and O–H groups in total. The number of rotatable bonds is 8. The molecule has 2 aliphatic heterocycles. The van der Waals surface area contributed by atoms with Gasteiger partial charge in [-0.3, -0.25) is 19.3 Å². The number of hydrogen-bond donors (Lipinski definition) is 0. The minimum absolute atomic E-state index is 0.228. The molecule has 6 nitrogen and oxygen atoms in total. The van der Waals surface area contributed by atoms with Crippen LogP contribution in [0.15, 0.2) is 48.5 Å². The highest BCUT2D eigenvalue weighted by molar-refractivity contribution is 6.44. The summed E-state index contributed by atoms with van der Waals surface area (Å²) in [6.07, 6.45) is 0.692. The summed E-state index contributed by atoms with van der Waals surface area (Å²) in [7, 11) is 0. The quantitative estimate of drug-likeness (QED) is 0.338. The van der Waals surface area contributed by atoms with E-state index in [4.69, 9.17) is 4.74 Å². The van der Waals surface area contributed by atoms with Gasteiger partial charge in [-0.15, -0.1) is 0 Å². The summed E-state index contributed by atoms with van der Waals surface area (Å²) < 4.78 is 18.8. The molecule has 0 bridgehead atoms. The van der Waals surface area contributed by atoms with Gasteiger partial charge in [-0.1, -0.05) is 38.1 Å². The van der Waals surface area contributed by atoms with E-state index in [0.717, 1.165) is 30.8 Å². The fraction of sp³-hybridized carbons (Fsp3) is 0.444. The number of benzene rings is 2. The Bertz CT molecular complexity index is 1030. The fourth-order valence-electron chi connectivity index (χ4n) is 4.76. The van der Waals surface area contributed by atoms with Crippen molar-refractivity contribution in [2.24, 2.45) is 5.92 Å². The van der Waals surface area contributed by atoms with E-state index in [1.54, 1.807) is 4.90 Å². The average molecular weight is 467 g/mol. The van der Waals surface area contributed by atoms with Crippen molar-refractivity contribution in [2.45, 2.75) is 32.2 Å². The van der Waals surface area contributed by atoms with Gasteiger partial charge in [-0.05, 0) is 47.7 Å². The molecule has 2 aromatic carbocycles. The molecule has 2 aliphatic rings. The zero-order valence-electron chi connectivity index (χ0n) is 19.7. The summed E-state index contributed by atoms with van der Waals surface area (Å²) in [5.74, 6) is -3.05. The molecule has 0 radical (unpaired) electrons. The number of amides is 1. The molecule has 2 aromatic rings. The summed E-state index contributed by atoms with van der Waals surface area (Å²) in [6, 6.07) is 12.2. The van der Waals surface area contributed by atoms with Crippen LogP contribution in [0, 0.1) is 11.7 Å². The lowest BCUT2D eigenvalue weighted by atomic mass is 9.85. The molecule has 1 amide bonds. The zero-order chi connectivity index (χ0) is 24.2. The van der Waals surface area contributed by atoms with Gasteiger partial charge in [0.15, 0.2) is 5.78 Å². The van der Waals surface area contributed by atoms with Crippen LogP contribution in [0.3, 0.4) is 0 Å². The average Bonchev–Trinajstić information content (AvgIpc) is 3.10. The highest BCUT2D eigenvalue weighted by Crippen LogP contribution is 2.38. The van der Waals surface area contributed by atoms with E-state index in [-0.39, 0.29) is 5.56 Å². The molecule has 0 aromatic heterocycles. The zero-order valence-corrected chi connectivity index (χ0v) is 19.7. The molecular formula is C27H31FN2O4. The smallest absolute Gasteiger partial charge is 0.291 e. The minimum Gasteiger partial charge on any atom is -0.379 e. The number of likely N-dealkylation sites (tertiary alicyclic amines) is 1. The SMILES string of the molecule is CC(C)c1ccc(C2C(C(=O)c3ccc(F)cc3)C(=O)C(=O)N2CCCN2CCOCC2)cc1. The van der Waals surface area contributed by atoms with Gasteiger partial charge in [0.05, 0.1) is 19.3 Å². The third kappa shape index (κ3) is 5.10. The van der Waals surface area contributed by atoms with Crippen molar-refractivity contribution in [1.82, 2.24) is 9.80 Å². The van der Waals surface area contributed by atoms with Crippen LogP contribution in [0.2, 0.25) is 0 Å². The maximum absolute atomic E-state index is 13.4. The Balaban J connectivity index is 1.61. The second-order valence-electron chi connectivity index (χ2n) is 9.29.